The maximum atomic E-state index is 12.5. The van der Waals surface area contributed by atoms with Gasteiger partial charge in [0.05, 0.1) is 5.69 Å². The lowest BCUT2D eigenvalue weighted by atomic mass is 10.1. The first-order valence-corrected chi connectivity index (χ1v) is 7.77. The number of nitrogens with zero attached hydrogens (tertiary/aromatic N) is 2. The second kappa shape index (κ2) is 6.90. The van der Waals surface area contributed by atoms with E-state index in [-0.39, 0.29) is 5.91 Å². The number of aryl methyl sites for hydroxylation is 1. The smallest absolute Gasteiger partial charge is 0.267 e. The highest BCUT2D eigenvalue weighted by atomic mass is 35.5. The van der Waals surface area contributed by atoms with E-state index in [4.69, 9.17) is 11.6 Å². The molecular formula is C17H21ClN2O. The summed E-state index contributed by atoms with van der Waals surface area (Å²) in [7, 11) is 0. The van der Waals surface area contributed by atoms with E-state index in [2.05, 4.69) is 12.0 Å². The number of aromatic nitrogens is 2. The molecule has 1 aromatic heterocycles. The molecule has 2 rings (SSSR count). The van der Waals surface area contributed by atoms with Gasteiger partial charge >= 0.3 is 0 Å². The van der Waals surface area contributed by atoms with Crippen LogP contribution in [0.1, 0.15) is 53.5 Å². The first-order valence-electron chi connectivity index (χ1n) is 7.40. The number of carbonyl (C=O) groups excluding carboxylic acids is 1. The topological polar surface area (TPSA) is 34.9 Å². The minimum atomic E-state index is -0.103. The van der Waals surface area contributed by atoms with E-state index in [9.17, 15) is 4.79 Å². The Kier molecular flexibility index (Phi) is 5.18. The van der Waals surface area contributed by atoms with Gasteiger partial charge in [0, 0.05) is 16.3 Å². The van der Waals surface area contributed by atoms with Gasteiger partial charge in [-0.2, -0.15) is 5.10 Å². The Bertz CT molecular complexity index is 629. The third-order valence-corrected chi connectivity index (χ3v) is 4.01. The number of rotatable bonds is 5. The molecule has 2 aromatic rings. The summed E-state index contributed by atoms with van der Waals surface area (Å²) in [5, 5.41) is 5.05. The van der Waals surface area contributed by atoms with Crippen LogP contribution in [-0.2, 0) is 6.42 Å². The monoisotopic (exact) mass is 304 g/mol. The van der Waals surface area contributed by atoms with E-state index < -0.39 is 0 Å². The fraction of sp³-hybridized carbons (Fsp3) is 0.412. The molecule has 0 radical (unpaired) electrons. The first-order chi connectivity index (χ1) is 10.0. The predicted octanol–water partition coefficient (Wildman–Crippen LogP) is 4.57. The maximum Gasteiger partial charge on any atom is 0.278 e. The van der Waals surface area contributed by atoms with Gasteiger partial charge in [0.25, 0.3) is 5.91 Å². The molecule has 0 saturated carbocycles. The zero-order valence-electron chi connectivity index (χ0n) is 12.8. The molecule has 0 saturated heterocycles. The van der Waals surface area contributed by atoms with E-state index >= 15 is 0 Å². The molecule has 0 bridgehead atoms. The van der Waals surface area contributed by atoms with Gasteiger partial charge < -0.3 is 0 Å². The van der Waals surface area contributed by atoms with Crippen molar-refractivity contribution in [2.75, 3.05) is 0 Å². The predicted molar refractivity (Wildman–Crippen MR) is 86.1 cm³/mol. The zero-order valence-corrected chi connectivity index (χ0v) is 13.6. The first kappa shape index (κ1) is 15.8. The molecule has 0 amide bonds. The van der Waals surface area contributed by atoms with Crippen LogP contribution in [0.3, 0.4) is 0 Å². The quantitative estimate of drug-likeness (QED) is 0.758. The lowest BCUT2D eigenvalue weighted by Crippen LogP contribution is -2.15. The van der Waals surface area contributed by atoms with Crippen molar-refractivity contribution in [3.05, 3.63) is 51.8 Å². The minimum absolute atomic E-state index is 0.103. The molecule has 0 fully saturated rings. The molecule has 0 aliphatic rings. The Balaban J connectivity index is 2.26. The largest absolute Gasteiger partial charge is 0.278 e. The van der Waals surface area contributed by atoms with Crippen molar-refractivity contribution in [3.63, 3.8) is 0 Å². The third kappa shape index (κ3) is 3.53. The Hall–Kier alpha value is -1.61. The highest BCUT2D eigenvalue weighted by Crippen LogP contribution is 2.18. The SMILES string of the molecule is CCCCCc1c(C)nn(C(=O)c2ccc(Cl)cc2)c1C. The van der Waals surface area contributed by atoms with Crippen molar-refractivity contribution in [3.8, 4) is 0 Å². The molecule has 0 unspecified atom stereocenters. The second-order valence-corrected chi connectivity index (χ2v) is 5.77. The van der Waals surface area contributed by atoms with Crippen molar-refractivity contribution in [1.82, 2.24) is 9.78 Å². The van der Waals surface area contributed by atoms with Crippen LogP contribution < -0.4 is 0 Å². The summed E-state index contributed by atoms with van der Waals surface area (Å²) in [6, 6.07) is 6.92. The lowest BCUT2D eigenvalue weighted by Gasteiger charge is -2.05. The van der Waals surface area contributed by atoms with E-state index in [1.54, 1.807) is 24.3 Å². The lowest BCUT2D eigenvalue weighted by molar-refractivity contribution is 0.0942. The molecule has 0 spiro atoms. The van der Waals surface area contributed by atoms with E-state index in [1.165, 1.54) is 23.1 Å². The van der Waals surface area contributed by atoms with Crippen LogP contribution in [-0.4, -0.2) is 15.7 Å². The molecule has 0 atom stereocenters. The van der Waals surface area contributed by atoms with Gasteiger partial charge in [-0.3, -0.25) is 4.79 Å². The maximum absolute atomic E-state index is 12.5. The summed E-state index contributed by atoms with van der Waals surface area (Å²) in [5.41, 5.74) is 3.70. The number of benzene rings is 1. The van der Waals surface area contributed by atoms with Gasteiger partial charge in [0.2, 0.25) is 0 Å². The molecule has 0 N–H and O–H groups in total. The van der Waals surface area contributed by atoms with Crippen LogP contribution in [0.2, 0.25) is 5.02 Å². The summed E-state index contributed by atoms with van der Waals surface area (Å²) in [4.78, 5) is 12.5. The standard InChI is InChI=1S/C17H21ClN2O/c1-4-5-6-7-16-12(2)19-20(13(16)3)17(21)14-8-10-15(18)11-9-14/h8-11H,4-7H2,1-3H3. The van der Waals surface area contributed by atoms with Gasteiger partial charge in [0.15, 0.2) is 0 Å². The Morgan fingerprint density at radius 1 is 1.19 bits per heavy atom. The average molecular weight is 305 g/mol. The minimum Gasteiger partial charge on any atom is -0.267 e. The van der Waals surface area contributed by atoms with Gasteiger partial charge in [0.1, 0.15) is 0 Å². The van der Waals surface area contributed by atoms with Crippen LogP contribution in [0.25, 0.3) is 0 Å². The molecule has 3 nitrogen and oxygen atoms in total. The van der Waals surface area contributed by atoms with Crippen molar-refractivity contribution in [1.29, 1.82) is 0 Å². The highest BCUT2D eigenvalue weighted by Gasteiger charge is 2.17. The van der Waals surface area contributed by atoms with Crippen molar-refractivity contribution in [2.45, 2.75) is 46.5 Å². The van der Waals surface area contributed by atoms with Gasteiger partial charge in [-0.15, -0.1) is 0 Å². The highest BCUT2D eigenvalue weighted by molar-refractivity contribution is 6.30. The molecule has 21 heavy (non-hydrogen) atoms. The van der Waals surface area contributed by atoms with Crippen molar-refractivity contribution >= 4 is 17.5 Å². The van der Waals surface area contributed by atoms with Gasteiger partial charge in [-0.1, -0.05) is 31.4 Å². The molecule has 0 aliphatic heterocycles. The summed E-state index contributed by atoms with van der Waals surface area (Å²) < 4.78 is 1.51. The number of carbonyl (C=O) groups is 1. The third-order valence-electron chi connectivity index (χ3n) is 3.76. The van der Waals surface area contributed by atoms with Crippen LogP contribution in [0.4, 0.5) is 0 Å². The second-order valence-electron chi connectivity index (χ2n) is 5.33. The van der Waals surface area contributed by atoms with Crippen molar-refractivity contribution in [2.24, 2.45) is 0 Å². The molecule has 1 aromatic carbocycles. The van der Waals surface area contributed by atoms with Crippen LogP contribution in [0, 0.1) is 13.8 Å². The average Bonchev–Trinajstić information content (AvgIpc) is 2.75. The van der Waals surface area contributed by atoms with Gasteiger partial charge in [-0.25, -0.2) is 4.68 Å². The van der Waals surface area contributed by atoms with E-state index in [0.717, 1.165) is 24.2 Å². The van der Waals surface area contributed by atoms with Crippen LogP contribution in [0.15, 0.2) is 24.3 Å². The van der Waals surface area contributed by atoms with Gasteiger partial charge in [-0.05, 0) is 56.5 Å². The molecular weight excluding hydrogens is 284 g/mol. The molecule has 1 heterocycles. The number of hydrogen-bond acceptors (Lipinski definition) is 2. The van der Waals surface area contributed by atoms with Crippen molar-refractivity contribution < 1.29 is 4.79 Å². The number of hydrogen-bond donors (Lipinski definition) is 0. The number of unbranched alkanes of at least 4 members (excludes halogenated alkanes) is 2. The zero-order chi connectivity index (χ0) is 15.4. The Morgan fingerprint density at radius 2 is 1.86 bits per heavy atom. The summed E-state index contributed by atoms with van der Waals surface area (Å²) >= 11 is 5.86. The van der Waals surface area contributed by atoms with E-state index in [0.29, 0.717) is 10.6 Å². The Labute approximate surface area is 130 Å². The molecule has 112 valence electrons. The Morgan fingerprint density at radius 3 is 2.48 bits per heavy atom. The molecule has 4 heteroatoms. The molecule has 0 aliphatic carbocycles. The fourth-order valence-electron chi connectivity index (χ4n) is 2.50. The number of halogens is 1. The summed E-state index contributed by atoms with van der Waals surface area (Å²) in [5.74, 6) is -0.103. The summed E-state index contributed by atoms with van der Waals surface area (Å²) in [6.07, 6.45) is 4.52. The van der Waals surface area contributed by atoms with Crippen LogP contribution >= 0.6 is 11.6 Å². The van der Waals surface area contributed by atoms with E-state index in [1.807, 2.05) is 13.8 Å². The van der Waals surface area contributed by atoms with Crippen LogP contribution in [0.5, 0.6) is 0 Å². The fourth-order valence-corrected chi connectivity index (χ4v) is 2.63. The normalized spacial score (nSPS) is 10.9. The summed E-state index contributed by atoms with van der Waals surface area (Å²) in [6.45, 7) is 6.13.